The fraction of sp³-hybridized carbons (Fsp3) is 0.667. The van der Waals surface area contributed by atoms with Gasteiger partial charge >= 0.3 is 5.97 Å². The van der Waals surface area contributed by atoms with E-state index in [1.54, 1.807) is 0 Å². The van der Waals surface area contributed by atoms with Gasteiger partial charge in [-0.1, -0.05) is 6.92 Å². The first-order valence-electron chi connectivity index (χ1n) is 6.18. The van der Waals surface area contributed by atoms with Crippen LogP contribution in [0.2, 0.25) is 0 Å². The zero-order chi connectivity index (χ0) is 15.7. The Kier molecular flexibility index (Phi) is 8.14. The Morgan fingerprint density at radius 3 is 2.20 bits per heavy atom. The predicted octanol–water partition coefficient (Wildman–Crippen LogP) is -1.33. The summed E-state index contributed by atoms with van der Waals surface area (Å²) in [7, 11) is 0. The molecular weight excluding hydrogens is 268 g/mol. The first-order chi connectivity index (χ1) is 9.27. The number of nitrogens with one attached hydrogen (secondary N) is 2. The molecular formula is C12H20N2O6. The second-order valence-corrected chi connectivity index (χ2v) is 4.50. The lowest BCUT2D eigenvalue weighted by Crippen LogP contribution is -2.49. The number of aliphatic carboxylic acids is 1. The number of aliphatic hydroxyl groups is 1. The van der Waals surface area contributed by atoms with Crippen molar-refractivity contribution in [3.05, 3.63) is 0 Å². The van der Waals surface area contributed by atoms with Crippen molar-refractivity contribution in [2.24, 2.45) is 5.92 Å². The van der Waals surface area contributed by atoms with Crippen LogP contribution in [0.5, 0.6) is 0 Å². The van der Waals surface area contributed by atoms with Crippen molar-refractivity contribution < 1.29 is 29.4 Å². The SMILES string of the molecule is CC(=O)CNC(=O)[C@H](CCC(=O)O)NC(=O)[C@H](C)CO. The number of hydrogen-bond donors (Lipinski definition) is 4. The normalized spacial score (nSPS) is 13.2. The number of carbonyl (C=O) groups is 4. The number of carboxylic acid groups (broad SMARTS) is 1. The van der Waals surface area contributed by atoms with E-state index in [1.165, 1.54) is 13.8 Å². The number of rotatable bonds is 9. The molecule has 2 atom stereocenters. The Bertz CT molecular complexity index is 382. The van der Waals surface area contributed by atoms with Crippen LogP contribution >= 0.6 is 0 Å². The molecule has 0 fully saturated rings. The average Bonchev–Trinajstić information content (AvgIpc) is 2.38. The summed E-state index contributed by atoms with van der Waals surface area (Å²) in [6.45, 7) is 2.19. The molecule has 0 aliphatic carbocycles. The summed E-state index contributed by atoms with van der Waals surface area (Å²) in [4.78, 5) is 44.7. The van der Waals surface area contributed by atoms with Crippen LogP contribution in [0.1, 0.15) is 26.7 Å². The van der Waals surface area contributed by atoms with Gasteiger partial charge in [-0.3, -0.25) is 19.2 Å². The van der Waals surface area contributed by atoms with Gasteiger partial charge in [0.05, 0.1) is 19.1 Å². The predicted molar refractivity (Wildman–Crippen MR) is 68.7 cm³/mol. The topological polar surface area (TPSA) is 133 Å². The minimum atomic E-state index is -1.10. The lowest BCUT2D eigenvalue weighted by atomic mass is 10.1. The molecule has 0 unspecified atom stereocenters. The molecule has 0 radical (unpaired) electrons. The monoisotopic (exact) mass is 288 g/mol. The molecule has 8 heteroatoms. The van der Waals surface area contributed by atoms with Gasteiger partial charge in [-0.05, 0) is 13.3 Å². The van der Waals surface area contributed by atoms with Crippen LogP contribution in [0, 0.1) is 5.92 Å². The number of carbonyl (C=O) groups excluding carboxylic acids is 3. The minimum absolute atomic E-state index is 0.0943. The molecule has 0 aromatic rings. The van der Waals surface area contributed by atoms with E-state index in [9.17, 15) is 19.2 Å². The third-order valence-corrected chi connectivity index (χ3v) is 2.51. The summed E-state index contributed by atoms with van der Waals surface area (Å²) in [5.41, 5.74) is 0. The van der Waals surface area contributed by atoms with E-state index in [1.807, 2.05) is 0 Å². The Balaban J connectivity index is 4.62. The van der Waals surface area contributed by atoms with Crippen molar-refractivity contribution in [2.75, 3.05) is 13.2 Å². The maximum absolute atomic E-state index is 11.8. The summed E-state index contributed by atoms with van der Waals surface area (Å²) in [5, 5.41) is 22.1. The van der Waals surface area contributed by atoms with E-state index in [0.29, 0.717) is 0 Å². The molecule has 0 spiro atoms. The van der Waals surface area contributed by atoms with E-state index in [4.69, 9.17) is 10.2 Å². The average molecular weight is 288 g/mol. The zero-order valence-electron chi connectivity index (χ0n) is 11.5. The summed E-state index contributed by atoms with van der Waals surface area (Å²) in [6, 6.07) is -1.05. The molecule has 20 heavy (non-hydrogen) atoms. The van der Waals surface area contributed by atoms with Crippen LogP contribution in [0.25, 0.3) is 0 Å². The highest BCUT2D eigenvalue weighted by atomic mass is 16.4. The number of aliphatic hydroxyl groups excluding tert-OH is 1. The van der Waals surface area contributed by atoms with Crippen molar-refractivity contribution in [3.63, 3.8) is 0 Å². The van der Waals surface area contributed by atoms with Gasteiger partial charge < -0.3 is 20.8 Å². The van der Waals surface area contributed by atoms with Gasteiger partial charge in [-0.15, -0.1) is 0 Å². The number of amides is 2. The van der Waals surface area contributed by atoms with E-state index in [2.05, 4.69) is 10.6 Å². The van der Waals surface area contributed by atoms with Crippen molar-refractivity contribution in [1.82, 2.24) is 10.6 Å². The fourth-order valence-corrected chi connectivity index (χ4v) is 1.27. The third kappa shape index (κ3) is 7.47. The van der Waals surface area contributed by atoms with E-state index >= 15 is 0 Å². The van der Waals surface area contributed by atoms with E-state index in [-0.39, 0.29) is 31.8 Å². The van der Waals surface area contributed by atoms with E-state index < -0.39 is 29.7 Å². The van der Waals surface area contributed by atoms with Gasteiger partial charge in [0.1, 0.15) is 11.8 Å². The fourth-order valence-electron chi connectivity index (χ4n) is 1.27. The molecule has 0 rings (SSSR count). The van der Waals surface area contributed by atoms with Gasteiger partial charge in [0, 0.05) is 6.42 Å². The molecule has 114 valence electrons. The first kappa shape index (κ1) is 18.0. The molecule has 4 N–H and O–H groups in total. The maximum Gasteiger partial charge on any atom is 0.303 e. The molecule has 0 saturated heterocycles. The van der Waals surface area contributed by atoms with Gasteiger partial charge in [0.25, 0.3) is 0 Å². The molecule has 8 nitrogen and oxygen atoms in total. The molecule has 0 saturated carbocycles. The van der Waals surface area contributed by atoms with Crippen LogP contribution in [0.4, 0.5) is 0 Å². The summed E-state index contributed by atoms with van der Waals surface area (Å²) < 4.78 is 0. The Hall–Kier alpha value is -1.96. The second-order valence-electron chi connectivity index (χ2n) is 4.50. The van der Waals surface area contributed by atoms with Gasteiger partial charge in [-0.25, -0.2) is 0 Å². The molecule has 0 bridgehead atoms. The lowest BCUT2D eigenvalue weighted by molar-refractivity contribution is -0.138. The Labute approximate surface area is 116 Å². The number of Topliss-reactive ketones (excluding diaryl/α,β-unsaturated/α-hetero) is 1. The molecule has 0 aromatic heterocycles. The van der Waals surface area contributed by atoms with Gasteiger partial charge in [-0.2, -0.15) is 0 Å². The minimum Gasteiger partial charge on any atom is -0.481 e. The summed E-state index contributed by atoms with van der Waals surface area (Å²) in [5.74, 6) is -3.24. The molecule has 0 heterocycles. The zero-order valence-corrected chi connectivity index (χ0v) is 11.5. The Morgan fingerprint density at radius 2 is 1.75 bits per heavy atom. The lowest BCUT2D eigenvalue weighted by Gasteiger charge is -2.19. The van der Waals surface area contributed by atoms with Gasteiger partial charge in [0.15, 0.2) is 0 Å². The highest BCUT2D eigenvalue weighted by Gasteiger charge is 2.23. The molecule has 0 aromatic carbocycles. The summed E-state index contributed by atoms with van der Waals surface area (Å²) >= 11 is 0. The van der Waals surface area contributed by atoms with Crippen molar-refractivity contribution in [2.45, 2.75) is 32.7 Å². The maximum atomic E-state index is 11.8. The van der Waals surface area contributed by atoms with Crippen LogP contribution in [0.15, 0.2) is 0 Å². The highest BCUT2D eigenvalue weighted by Crippen LogP contribution is 2.01. The van der Waals surface area contributed by atoms with Crippen LogP contribution in [-0.2, 0) is 19.2 Å². The largest absolute Gasteiger partial charge is 0.481 e. The standard InChI is InChI=1S/C12H20N2O6/c1-7(6-15)11(19)14-9(3-4-10(17)18)12(20)13-5-8(2)16/h7,9,15H,3-6H2,1-2H3,(H,13,20)(H,14,19)(H,17,18)/t7-,9+/m1/s1. The smallest absolute Gasteiger partial charge is 0.303 e. The van der Waals surface area contributed by atoms with E-state index in [0.717, 1.165) is 0 Å². The molecule has 0 aliphatic rings. The summed E-state index contributed by atoms with van der Waals surface area (Å²) in [6.07, 6.45) is -0.394. The number of ketones is 1. The second kappa shape index (κ2) is 9.03. The van der Waals surface area contributed by atoms with Crippen LogP contribution in [-0.4, -0.2) is 53.0 Å². The van der Waals surface area contributed by atoms with Crippen molar-refractivity contribution >= 4 is 23.6 Å². The van der Waals surface area contributed by atoms with Crippen LogP contribution < -0.4 is 10.6 Å². The third-order valence-electron chi connectivity index (χ3n) is 2.51. The van der Waals surface area contributed by atoms with Gasteiger partial charge in [0.2, 0.25) is 11.8 Å². The highest BCUT2D eigenvalue weighted by molar-refractivity contribution is 5.91. The van der Waals surface area contributed by atoms with Crippen LogP contribution in [0.3, 0.4) is 0 Å². The number of hydrogen-bond acceptors (Lipinski definition) is 5. The van der Waals surface area contributed by atoms with Crippen molar-refractivity contribution in [3.8, 4) is 0 Å². The number of carboxylic acids is 1. The quantitative estimate of drug-likeness (QED) is 0.415. The van der Waals surface area contributed by atoms with Crippen molar-refractivity contribution in [1.29, 1.82) is 0 Å². The molecule has 2 amide bonds. The Morgan fingerprint density at radius 1 is 1.15 bits per heavy atom. The first-order valence-corrected chi connectivity index (χ1v) is 6.18. The molecule has 0 aliphatic heterocycles.